The van der Waals surface area contributed by atoms with Gasteiger partial charge in [-0.05, 0) is 47.7 Å². The molecule has 11 heteroatoms. The number of nitrogens with zero attached hydrogens (tertiary/aromatic N) is 4. The first-order valence-electron chi connectivity index (χ1n) is 11.8. The van der Waals surface area contributed by atoms with Crippen molar-refractivity contribution in [2.75, 3.05) is 19.8 Å². The van der Waals surface area contributed by atoms with E-state index in [1.807, 2.05) is 45.0 Å². The molecule has 0 aliphatic heterocycles. The van der Waals surface area contributed by atoms with Crippen molar-refractivity contribution in [3.05, 3.63) is 70.0 Å². The van der Waals surface area contributed by atoms with Gasteiger partial charge in [0.1, 0.15) is 24.9 Å². The number of hydrogen-bond donors (Lipinski definition) is 2. The third-order valence-corrected chi connectivity index (χ3v) is 6.36. The van der Waals surface area contributed by atoms with Crippen LogP contribution in [0, 0.1) is 17.0 Å². The van der Waals surface area contributed by atoms with E-state index in [-0.39, 0.29) is 30.9 Å². The molecule has 37 heavy (non-hydrogen) atoms. The van der Waals surface area contributed by atoms with Crippen LogP contribution >= 0.6 is 15.9 Å². The van der Waals surface area contributed by atoms with Crippen LogP contribution in [0.5, 0.6) is 0 Å². The Bertz CT molecular complexity index is 1230. The van der Waals surface area contributed by atoms with Crippen molar-refractivity contribution in [3.8, 4) is 11.4 Å². The summed E-state index contributed by atoms with van der Waals surface area (Å²) in [6, 6.07) is 8.96. The number of halogens is 4. The molecule has 0 fully saturated rings. The molecule has 3 aromatic rings. The molecule has 7 nitrogen and oxygen atoms in total. The number of hydrogen-bond acceptors (Lipinski definition) is 5. The first-order chi connectivity index (χ1) is 17.4. The summed E-state index contributed by atoms with van der Waals surface area (Å²) in [6.07, 6.45) is 0.153. The van der Waals surface area contributed by atoms with E-state index in [9.17, 15) is 23.1 Å². The second kappa shape index (κ2) is 12.2. The van der Waals surface area contributed by atoms with Gasteiger partial charge in [-0.15, -0.1) is 0 Å². The largest absolute Gasteiger partial charge is 0.387 e. The molecular formula is C26H31BrF3N5O2. The molecule has 2 aromatic carbocycles. The van der Waals surface area contributed by atoms with Crippen molar-refractivity contribution in [3.63, 3.8) is 0 Å². The number of nitrogens with two attached hydrogens (primary N) is 1. The predicted octanol–water partition coefficient (Wildman–Crippen LogP) is 4.63. The number of aliphatic hydroxyl groups excluding tert-OH is 1. The molecule has 0 unspecified atom stereocenters. The third-order valence-electron chi connectivity index (χ3n) is 5.86. The Kier molecular flexibility index (Phi) is 9.49. The highest BCUT2D eigenvalue weighted by atomic mass is 79.9. The molecule has 0 aliphatic carbocycles. The van der Waals surface area contributed by atoms with Crippen LogP contribution in [-0.2, 0) is 11.3 Å². The van der Waals surface area contributed by atoms with Crippen LogP contribution in [0.25, 0.3) is 11.4 Å². The van der Waals surface area contributed by atoms with E-state index >= 15 is 0 Å². The number of rotatable bonds is 10. The van der Waals surface area contributed by atoms with Gasteiger partial charge in [0, 0.05) is 17.1 Å². The first-order valence-corrected chi connectivity index (χ1v) is 12.6. The molecule has 3 rings (SSSR count). The minimum atomic E-state index is -0.786. The van der Waals surface area contributed by atoms with Crippen molar-refractivity contribution < 1.29 is 23.1 Å². The second-order valence-corrected chi connectivity index (χ2v) is 10.8. The zero-order valence-electron chi connectivity index (χ0n) is 21.0. The fourth-order valence-electron chi connectivity index (χ4n) is 4.13. The van der Waals surface area contributed by atoms with E-state index in [0.717, 1.165) is 28.2 Å². The highest BCUT2D eigenvalue weighted by Crippen LogP contribution is 2.39. The van der Waals surface area contributed by atoms with Gasteiger partial charge in [0.05, 0.1) is 18.2 Å². The van der Waals surface area contributed by atoms with Gasteiger partial charge in [0.15, 0.2) is 11.6 Å². The Morgan fingerprint density at radius 1 is 1.22 bits per heavy atom. The Labute approximate surface area is 222 Å². The molecule has 0 saturated heterocycles. The Balaban J connectivity index is 2.20. The highest BCUT2D eigenvalue weighted by Gasteiger charge is 2.39. The highest BCUT2D eigenvalue weighted by molar-refractivity contribution is 9.10. The van der Waals surface area contributed by atoms with Gasteiger partial charge >= 0.3 is 0 Å². The van der Waals surface area contributed by atoms with Crippen LogP contribution < -0.4 is 5.73 Å². The van der Waals surface area contributed by atoms with Crippen LogP contribution in [-0.4, -0.2) is 56.5 Å². The lowest BCUT2D eigenvalue weighted by molar-refractivity contribution is -0.139. The lowest BCUT2D eigenvalue weighted by Gasteiger charge is -2.39. The van der Waals surface area contributed by atoms with Gasteiger partial charge in [-0.1, -0.05) is 48.8 Å². The Morgan fingerprint density at radius 2 is 1.95 bits per heavy atom. The van der Waals surface area contributed by atoms with Crippen molar-refractivity contribution in [1.29, 1.82) is 0 Å². The molecule has 2 atom stereocenters. The van der Waals surface area contributed by atoms with E-state index in [0.29, 0.717) is 5.82 Å². The molecule has 1 aromatic heterocycles. The number of carbonyl (C=O) groups is 1. The van der Waals surface area contributed by atoms with Crippen LogP contribution in [0.2, 0.25) is 0 Å². The summed E-state index contributed by atoms with van der Waals surface area (Å²) in [5, 5.41) is 14.3. The molecule has 200 valence electrons. The summed E-state index contributed by atoms with van der Waals surface area (Å²) in [5.74, 6) is -1.68. The number of amides is 1. The van der Waals surface area contributed by atoms with E-state index in [4.69, 9.17) is 5.73 Å². The number of aromatic nitrogens is 3. The number of alkyl halides is 1. The number of aliphatic hydroxyl groups is 1. The minimum Gasteiger partial charge on any atom is -0.387 e. The van der Waals surface area contributed by atoms with Crippen LogP contribution in [0.15, 0.2) is 46.9 Å². The summed E-state index contributed by atoms with van der Waals surface area (Å²) in [7, 11) is 0. The van der Waals surface area contributed by atoms with Gasteiger partial charge in [0.2, 0.25) is 5.91 Å². The fraction of sp³-hybridized carbons (Fsp3) is 0.423. The zero-order valence-corrected chi connectivity index (χ0v) is 22.6. The maximum Gasteiger partial charge on any atom is 0.248 e. The molecule has 0 bridgehead atoms. The molecule has 0 radical (unpaired) electrons. The molecule has 0 aliphatic rings. The van der Waals surface area contributed by atoms with Crippen molar-refractivity contribution in [2.45, 2.75) is 45.8 Å². The molecule has 1 amide bonds. The molecular weight excluding hydrogens is 551 g/mol. The molecule has 3 N–H and O–H groups in total. The Hall–Kier alpha value is -2.76. The number of carbonyl (C=O) groups excluding carboxylic acids is 1. The SMILES string of the molecule is CC(C)(C)[C@H](c1nc(-c2cc(F)ccc2F)nn1Cc1cccc(Br)c1)N(CC[C@H](N)CF)C(=O)CO. The lowest BCUT2D eigenvalue weighted by Crippen LogP contribution is -2.45. The van der Waals surface area contributed by atoms with E-state index in [1.54, 1.807) is 4.68 Å². The van der Waals surface area contributed by atoms with Crippen molar-refractivity contribution in [1.82, 2.24) is 19.7 Å². The zero-order chi connectivity index (χ0) is 27.3. The quantitative estimate of drug-likeness (QED) is 0.364. The van der Waals surface area contributed by atoms with Gasteiger partial charge < -0.3 is 15.7 Å². The van der Waals surface area contributed by atoms with Crippen LogP contribution in [0.3, 0.4) is 0 Å². The standard InChI is InChI=1S/C26H31BrF3N5O2/c1-26(2,3)23(34(22(37)15-36)10-9-19(31)13-28)25-32-24(20-12-18(29)7-8-21(20)30)33-35(25)14-16-5-4-6-17(27)11-16/h4-8,11-12,19,23,36H,9-10,13-15,31H2,1-3H3/t19-,23-/m0/s1. The van der Waals surface area contributed by atoms with Gasteiger partial charge in [-0.3, -0.25) is 4.79 Å². The minimum absolute atomic E-state index is 0.0481. The van der Waals surface area contributed by atoms with Crippen LogP contribution in [0.1, 0.15) is 44.6 Å². The first kappa shape index (κ1) is 28.8. The summed E-state index contributed by atoms with van der Waals surface area (Å²) < 4.78 is 44.2. The normalized spacial score (nSPS) is 13.4. The van der Waals surface area contributed by atoms with E-state index in [2.05, 4.69) is 26.0 Å². The van der Waals surface area contributed by atoms with Crippen molar-refractivity contribution in [2.24, 2.45) is 11.1 Å². The van der Waals surface area contributed by atoms with E-state index < -0.39 is 48.3 Å². The summed E-state index contributed by atoms with van der Waals surface area (Å²) >= 11 is 3.45. The van der Waals surface area contributed by atoms with Gasteiger partial charge in [-0.2, -0.15) is 5.10 Å². The average Bonchev–Trinajstić information content (AvgIpc) is 3.24. The van der Waals surface area contributed by atoms with Gasteiger partial charge in [0.25, 0.3) is 0 Å². The van der Waals surface area contributed by atoms with E-state index in [1.165, 1.54) is 4.90 Å². The lowest BCUT2D eigenvalue weighted by atomic mass is 9.84. The summed E-state index contributed by atoms with van der Waals surface area (Å²) in [5.41, 5.74) is 5.85. The maximum atomic E-state index is 14.7. The summed E-state index contributed by atoms with van der Waals surface area (Å²) in [6.45, 7) is 4.38. The predicted molar refractivity (Wildman–Crippen MR) is 138 cm³/mol. The summed E-state index contributed by atoms with van der Waals surface area (Å²) in [4.78, 5) is 18.9. The molecule has 0 saturated carbocycles. The average molecular weight is 582 g/mol. The fourth-order valence-corrected chi connectivity index (χ4v) is 4.58. The number of benzene rings is 2. The second-order valence-electron chi connectivity index (χ2n) is 9.92. The monoisotopic (exact) mass is 581 g/mol. The third kappa shape index (κ3) is 7.18. The van der Waals surface area contributed by atoms with Crippen LogP contribution in [0.4, 0.5) is 13.2 Å². The topological polar surface area (TPSA) is 97.3 Å². The van der Waals surface area contributed by atoms with Crippen molar-refractivity contribution >= 4 is 21.8 Å². The van der Waals surface area contributed by atoms with Gasteiger partial charge in [-0.25, -0.2) is 22.8 Å². The Morgan fingerprint density at radius 3 is 2.57 bits per heavy atom. The maximum absolute atomic E-state index is 14.7. The smallest absolute Gasteiger partial charge is 0.248 e. The molecule has 1 heterocycles. The molecule has 0 spiro atoms.